The Labute approximate surface area is 198 Å². The first-order chi connectivity index (χ1) is 16.1. The molecule has 176 valence electrons. The van der Waals surface area contributed by atoms with Gasteiger partial charge in [0.15, 0.2) is 5.78 Å². The van der Waals surface area contributed by atoms with Crippen LogP contribution in [0.2, 0.25) is 0 Å². The average molecular weight is 483 g/mol. The monoisotopic (exact) mass is 482 g/mol. The first-order valence-electron chi connectivity index (χ1n) is 10.3. The van der Waals surface area contributed by atoms with Crippen LogP contribution in [0.25, 0.3) is 0 Å². The van der Waals surface area contributed by atoms with Crippen molar-refractivity contribution in [3.8, 4) is 5.75 Å². The fraction of sp³-hybridized carbons (Fsp3) is 0.217. The highest BCUT2D eigenvalue weighted by Gasteiger charge is 2.58. The van der Waals surface area contributed by atoms with Gasteiger partial charge in [-0.15, -0.1) is 11.8 Å². The van der Waals surface area contributed by atoms with Crippen LogP contribution in [0.4, 0.5) is 0 Å². The number of thioether (sulfide) groups is 1. The highest BCUT2D eigenvalue weighted by Crippen LogP contribution is 2.47. The van der Waals surface area contributed by atoms with Crippen molar-refractivity contribution in [2.24, 2.45) is 23.1 Å². The first kappa shape index (κ1) is 23.5. The molecule has 2 aliphatic rings. The molecule has 2 aliphatic heterocycles. The number of phenolic OH excluding ortho intramolecular Hbond substituents is 1. The van der Waals surface area contributed by atoms with E-state index in [1.165, 1.54) is 36.4 Å². The zero-order valence-electron chi connectivity index (χ0n) is 17.8. The molecule has 34 heavy (non-hydrogen) atoms. The predicted octanol–water partition coefficient (Wildman–Crippen LogP) is 0.458. The van der Waals surface area contributed by atoms with Gasteiger partial charge in [0.2, 0.25) is 11.8 Å². The molecular weight excluding hydrogens is 460 g/mol. The minimum atomic E-state index is -1.33. The molecule has 1 fully saturated rings. The van der Waals surface area contributed by atoms with Crippen LogP contribution >= 0.6 is 11.8 Å². The maximum atomic E-state index is 13.0. The Kier molecular flexibility index (Phi) is 6.17. The summed E-state index contributed by atoms with van der Waals surface area (Å²) in [6, 6.07) is 11.0. The Morgan fingerprint density at radius 3 is 2.24 bits per heavy atom. The topological polar surface area (TPSA) is 190 Å². The van der Waals surface area contributed by atoms with E-state index in [9.17, 15) is 29.4 Å². The number of benzene rings is 2. The molecule has 0 radical (unpaired) electrons. The third-order valence-electron chi connectivity index (χ3n) is 5.92. The maximum absolute atomic E-state index is 13.0. The molecule has 0 bridgehead atoms. The number of primary amides is 1. The molecule has 0 aliphatic carbocycles. The van der Waals surface area contributed by atoms with Crippen molar-refractivity contribution >= 4 is 35.3 Å². The van der Waals surface area contributed by atoms with Gasteiger partial charge in [0.05, 0.1) is 11.4 Å². The predicted molar refractivity (Wildman–Crippen MR) is 123 cm³/mol. The summed E-state index contributed by atoms with van der Waals surface area (Å²) in [5.41, 5.74) is 19.1. The zero-order valence-corrected chi connectivity index (χ0v) is 18.6. The van der Waals surface area contributed by atoms with Gasteiger partial charge in [-0.25, -0.2) is 4.79 Å². The Balaban J connectivity index is 1.60. The van der Waals surface area contributed by atoms with Gasteiger partial charge in [0.25, 0.3) is 0 Å². The fourth-order valence-corrected chi connectivity index (χ4v) is 5.49. The number of Topliss-reactive ketones (excluding diaryl/α,β-unsaturated/α-hetero) is 1. The fourth-order valence-electron chi connectivity index (χ4n) is 4.10. The number of hydrogen-bond donors (Lipinski definition) is 5. The number of rotatable bonds is 7. The number of carboxylic acids is 1. The van der Waals surface area contributed by atoms with E-state index in [1.807, 2.05) is 0 Å². The summed E-state index contributed by atoms with van der Waals surface area (Å²) in [4.78, 5) is 50.5. The van der Waals surface area contributed by atoms with Crippen LogP contribution in [-0.4, -0.2) is 49.4 Å². The van der Waals surface area contributed by atoms with Gasteiger partial charge < -0.3 is 27.4 Å². The summed E-state index contributed by atoms with van der Waals surface area (Å²) in [7, 11) is 0. The Morgan fingerprint density at radius 2 is 1.68 bits per heavy atom. The van der Waals surface area contributed by atoms with Crippen molar-refractivity contribution in [3.05, 3.63) is 76.5 Å². The minimum Gasteiger partial charge on any atom is -0.508 e. The second-order valence-electron chi connectivity index (χ2n) is 8.02. The number of carboxylic acid groups (broad SMARTS) is 1. The number of fused-ring (bicyclic) bond motifs is 1. The summed E-state index contributed by atoms with van der Waals surface area (Å²) < 4.78 is 0. The second-order valence-corrected chi connectivity index (χ2v) is 9.28. The number of nitrogens with two attached hydrogens (primary N) is 3. The van der Waals surface area contributed by atoms with Crippen LogP contribution in [0, 0.1) is 5.92 Å². The molecule has 2 aromatic rings. The number of β-lactam (4-membered cyclic amide) rings is 1. The standard InChI is InChI=1S/C23H22N4O6S/c24-16(11-5-7-13(28)8-6-11)18(29)15-21(31)27-17(23(32)33)14(20(26)34-22(15)27)9-10-1-3-12(4-2-10)19(25)30/h1-8,15-16,20,22,28H,9,24,26H2,(H2,25,30)(H,32,33)/t15-,16-,20?,22-/m1/s1. The van der Waals surface area contributed by atoms with Gasteiger partial charge in [0.1, 0.15) is 22.7 Å². The smallest absolute Gasteiger partial charge is 0.352 e. The molecular formula is C23H22N4O6S. The van der Waals surface area contributed by atoms with Crippen molar-refractivity contribution in [2.75, 3.05) is 0 Å². The molecule has 2 heterocycles. The molecule has 4 atom stereocenters. The third-order valence-corrected chi connectivity index (χ3v) is 7.26. The van der Waals surface area contributed by atoms with Crippen molar-refractivity contribution in [1.82, 2.24) is 4.90 Å². The lowest BCUT2D eigenvalue weighted by atomic mass is 9.85. The van der Waals surface area contributed by atoms with Crippen LogP contribution in [-0.2, 0) is 20.8 Å². The Bertz CT molecular complexity index is 1210. The summed E-state index contributed by atoms with van der Waals surface area (Å²) in [6.45, 7) is 0. The highest BCUT2D eigenvalue weighted by molar-refractivity contribution is 8.00. The van der Waals surface area contributed by atoms with E-state index in [1.54, 1.807) is 12.1 Å². The number of nitrogens with zero attached hydrogens (tertiary/aromatic N) is 1. The van der Waals surface area contributed by atoms with E-state index in [0.29, 0.717) is 22.3 Å². The maximum Gasteiger partial charge on any atom is 0.352 e. The summed E-state index contributed by atoms with van der Waals surface area (Å²) in [6.07, 6.45) is 0.136. The van der Waals surface area contributed by atoms with E-state index in [0.717, 1.165) is 16.7 Å². The van der Waals surface area contributed by atoms with E-state index >= 15 is 0 Å². The molecule has 4 rings (SSSR count). The average Bonchev–Trinajstić information content (AvgIpc) is 2.80. The van der Waals surface area contributed by atoms with Crippen LogP contribution in [0.5, 0.6) is 5.75 Å². The Morgan fingerprint density at radius 1 is 1.06 bits per heavy atom. The molecule has 2 amide bonds. The largest absolute Gasteiger partial charge is 0.508 e. The lowest BCUT2D eigenvalue weighted by Crippen LogP contribution is -2.66. The van der Waals surface area contributed by atoms with Crippen molar-refractivity contribution in [2.45, 2.75) is 23.2 Å². The SMILES string of the molecule is NC(=O)c1ccc(CC2=C(C(=O)O)N3C(=O)[C@@H](C(=O)[C@H](N)c4ccc(O)cc4)[C@H]3SC2N)cc1. The first-order valence-corrected chi connectivity index (χ1v) is 11.2. The minimum absolute atomic E-state index is 0.0103. The van der Waals surface area contributed by atoms with E-state index in [-0.39, 0.29) is 17.9 Å². The van der Waals surface area contributed by atoms with E-state index in [4.69, 9.17) is 17.2 Å². The number of carbonyl (C=O) groups is 4. The van der Waals surface area contributed by atoms with Crippen LogP contribution in [0.1, 0.15) is 27.5 Å². The number of amides is 2. The zero-order chi connectivity index (χ0) is 24.7. The normalized spacial score (nSPS) is 22.6. The second kappa shape index (κ2) is 8.93. The highest BCUT2D eigenvalue weighted by atomic mass is 32.2. The number of hydrogen-bond acceptors (Lipinski definition) is 8. The van der Waals surface area contributed by atoms with Crippen LogP contribution < -0.4 is 17.2 Å². The number of aromatic hydroxyl groups is 1. The van der Waals surface area contributed by atoms with Crippen molar-refractivity contribution in [1.29, 1.82) is 0 Å². The Hall–Kier alpha value is -3.67. The third kappa shape index (κ3) is 4.04. The number of carbonyl (C=O) groups excluding carboxylic acids is 3. The quantitative estimate of drug-likeness (QED) is 0.275. The molecule has 1 unspecified atom stereocenters. The van der Waals surface area contributed by atoms with E-state index in [2.05, 4.69) is 0 Å². The molecule has 0 saturated carbocycles. The van der Waals surface area contributed by atoms with Gasteiger partial charge >= 0.3 is 5.97 Å². The van der Waals surface area contributed by atoms with Gasteiger partial charge in [-0.3, -0.25) is 19.3 Å². The molecule has 2 aromatic carbocycles. The van der Waals surface area contributed by atoms with Crippen LogP contribution in [0.3, 0.4) is 0 Å². The van der Waals surface area contributed by atoms with Gasteiger partial charge in [-0.05, 0) is 47.4 Å². The van der Waals surface area contributed by atoms with Gasteiger partial charge in [-0.1, -0.05) is 24.3 Å². The molecule has 8 N–H and O–H groups in total. The molecule has 1 saturated heterocycles. The molecule has 10 nitrogen and oxygen atoms in total. The lowest BCUT2D eigenvalue weighted by Gasteiger charge is -2.50. The summed E-state index contributed by atoms with van der Waals surface area (Å²) in [5.74, 6) is -4.24. The number of aliphatic carboxylic acids is 1. The number of ketones is 1. The number of phenols is 1. The van der Waals surface area contributed by atoms with Gasteiger partial charge in [-0.2, -0.15) is 0 Å². The molecule has 0 aromatic heterocycles. The van der Waals surface area contributed by atoms with E-state index < -0.39 is 46.3 Å². The van der Waals surface area contributed by atoms with Gasteiger partial charge in [0, 0.05) is 5.56 Å². The summed E-state index contributed by atoms with van der Waals surface area (Å²) >= 11 is 1.12. The van der Waals surface area contributed by atoms with Crippen LogP contribution in [0.15, 0.2) is 59.8 Å². The van der Waals surface area contributed by atoms with Crippen molar-refractivity contribution < 1.29 is 29.4 Å². The molecule has 11 heteroatoms. The lowest BCUT2D eigenvalue weighted by molar-refractivity contribution is -0.157. The van der Waals surface area contributed by atoms with Crippen molar-refractivity contribution in [3.63, 3.8) is 0 Å². The summed E-state index contributed by atoms with van der Waals surface area (Å²) in [5, 5.41) is 17.8. The molecule has 0 spiro atoms.